The Bertz CT molecular complexity index is 617. The molecule has 2 N–H and O–H groups in total. The van der Waals surface area contributed by atoms with Gasteiger partial charge < -0.3 is 15.4 Å². The van der Waals surface area contributed by atoms with E-state index in [2.05, 4.69) is 36.8 Å². The Morgan fingerprint density at radius 3 is 2.90 bits per heavy atom. The van der Waals surface area contributed by atoms with Gasteiger partial charge in [-0.3, -0.25) is 4.79 Å². The molecule has 1 amide bonds. The van der Waals surface area contributed by atoms with Crippen molar-refractivity contribution in [3.05, 3.63) is 27.7 Å². The summed E-state index contributed by atoms with van der Waals surface area (Å²) in [7, 11) is 1.59. The minimum Gasteiger partial charge on any atom is -0.496 e. The van der Waals surface area contributed by atoms with Gasteiger partial charge in [0.25, 0.3) is 5.91 Å². The highest BCUT2D eigenvalue weighted by molar-refractivity contribution is 9.10. The van der Waals surface area contributed by atoms with Crippen molar-refractivity contribution in [2.45, 2.75) is 6.92 Å². The summed E-state index contributed by atoms with van der Waals surface area (Å²) in [4.78, 5) is 12.0. The molecule has 0 bridgehead atoms. The maximum absolute atomic E-state index is 12.0. The number of aromatic nitrogens is 2. The number of amides is 1. The van der Waals surface area contributed by atoms with Crippen LogP contribution >= 0.6 is 27.3 Å². The van der Waals surface area contributed by atoms with Crippen LogP contribution in [-0.2, 0) is 0 Å². The normalized spacial score (nSPS) is 10.2. The Morgan fingerprint density at radius 1 is 1.45 bits per heavy atom. The second-order valence-electron chi connectivity index (χ2n) is 3.75. The van der Waals surface area contributed by atoms with E-state index in [1.54, 1.807) is 25.3 Å². The molecule has 0 radical (unpaired) electrons. The molecule has 0 saturated heterocycles. The molecule has 2 aromatic rings. The molecular formula is C12H13BrN4O2S. The Kier molecular flexibility index (Phi) is 4.91. The zero-order valence-corrected chi connectivity index (χ0v) is 13.3. The number of anilines is 2. The Morgan fingerprint density at radius 2 is 2.25 bits per heavy atom. The number of ether oxygens (including phenoxy) is 1. The van der Waals surface area contributed by atoms with E-state index in [9.17, 15) is 4.79 Å². The molecule has 0 aliphatic carbocycles. The summed E-state index contributed by atoms with van der Waals surface area (Å²) >= 11 is 4.58. The summed E-state index contributed by atoms with van der Waals surface area (Å²) in [5.74, 6) is 0.414. The Balaban J connectivity index is 2.08. The van der Waals surface area contributed by atoms with Gasteiger partial charge in [-0.2, -0.15) is 0 Å². The molecule has 1 heterocycles. The largest absolute Gasteiger partial charge is 0.496 e. The van der Waals surface area contributed by atoms with Crippen LogP contribution in [0, 0.1) is 0 Å². The summed E-state index contributed by atoms with van der Waals surface area (Å²) in [5.41, 5.74) is 0.655. The molecule has 2 rings (SSSR count). The van der Waals surface area contributed by atoms with E-state index >= 15 is 0 Å². The monoisotopic (exact) mass is 356 g/mol. The maximum atomic E-state index is 12.0. The highest BCUT2D eigenvalue weighted by Gasteiger charge is 2.13. The third-order valence-corrected chi connectivity index (χ3v) is 3.86. The van der Waals surface area contributed by atoms with Crippen LogP contribution in [-0.4, -0.2) is 29.8 Å². The van der Waals surface area contributed by atoms with Crippen molar-refractivity contribution < 1.29 is 9.53 Å². The van der Waals surface area contributed by atoms with Crippen molar-refractivity contribution in [3.8, 4) is 5.75 Å². The topological polar surface area (TPSA) is 76.1 Å². The third kappa shape index (κ3) is 3.45. The van der Waals surface area contributed by atoms with Gasteiger partial charge >= 0.3 is 0 Å². The minimum atomic E-state index is -0.288. The van der Waals surface area contributed by atoms with Gasteiger partial charge in [-0.15, -0.1) is 10.2 Å². The van der Waals surface area contributed by atoms with Crippen molar-refractivity contribution in [2.24, 2.45) is 0 Å². The number of benzene rings is 1. The van der Waals surface area contributed by atoms with E-state index in [1.165, 1.54) is 11.3 Å². The summed E-state index contributed by atoms with van der Waals surface area (Å²) in [5, 5.41) is 14.4. The molecule has 20 heavy (non-hydrogen) atoms. The highest BCUT2D eigenvalue weighted by Crippen LogP contribution is 2.28. The van der Waals surface area contributed by atoms with Crippen LogP contribution in [0.25, 0.3) is 0 Å². The number of rotatable bonds is 5. The molecule has 0 spiro atoms. The summed E-state index contributed by atoms with van der Waals surface area (Å²) in [6, 6.07) is 5.29. The zero-order chi connectivity index (χ0) is 14.5. The first-order valence-corrected chi connectivity index (χ1v) is 7.47. The molecule has 1 aromatic heterocycles. The molecule has 6 nitrogen and oxygen atoms in total. The van der Waals surface area contributed by atoms with E-state index < -0.39 is 0 Å². The van der Waals surface area contributed by atoms with Crippen molar-refractivity contribution in [2.75, 3.05) is 24.3 Å². The van der Waals surface area contributed by atoms with E-state index in [0.717, 1.165) is 11.0 Å². The lowest BCUT2D eigenvalue weighted by Gasteiger charge is -2.06. The molecule has 0 aliphatic heterocycles. The van der Waals surface area contributed by atoms with Crippen molar-refractivity contribution in [1.82, 2.24) is 10.2 Å². The van der Waals surface area contributed by atoms with Gasteiger partial charge in [0.2, 0.25) is 10.1 Å². The van der Waals surface area contributed by atoms with Crippen molar-refractivity contribution in [1.29, 1.82) is 0 Å². The first-order valence-electron chi connectivity index (χ1n) is 5.86. The zero-order valence-electron chi connectivity index (χ0n) is 10.9. The smallest absolute Gasteiger partial charge is 0.286 e. The van der Waals surface area contributed by atoms with Gasteiger partial charge in [0, 0.05) is 12.2 Å². The number of nitrogens with one attached hydrogen (secondary N) is 2. The standard InChI is InChI=1S/C12H13BrN4O2S/c1-3-14-12-17-16-11(20-12)10(18)15-7-4-5-9(19-2)8(13)6-7/h4-6H,3H2,1-2H3,(H,14,17)(H,15,18). The fraction of sp³-hybridized carbons (Fsp3) is 0.250. The fourth-order valence-electron chi connectivity index (χ4n) is 1.47. The summed E-state index contributed by atoms with van der Waals surface area (Å²) in [6.45, 7) is 2.69. The molecular weight excluding hydrogens is 344 g/mol. The van der Waals surface area contributed by atoms with E-state index in [-0.39, 0.29) is 5.91 Å². The molecule has 0 saturated carbocycles. The second kappa shape index (κ2) is 6.67. The fourth-order valence-corrected chi connectivity index (χ4v) is 2.71. The molecule has 0 atom stereocenters. The third-order valence-electron chi connectivity index (χ3n) is 2.36. The number of halogens is 1. The quantitative estimate of drug-likeness (QED) is 0.860. The predicted octanol–water partition coefficient (Wildman–Crippen LogP) is 2.99. The van der Waals surface area contributed by atoms with Gasteiger partial charge in [0.1, 0.15) is 5.75 Å². The second-order valence-corrected chi connectivity index (χ2v) is 5.58. The highest BCUT2D eigenvalue weighted by atomic mass is 79.9. The SMILES string of the molecule is CCNc1nnc(C(=O)Nc2ccc(OC)c(Br)c2)s1. The van der Waals surface area contributed by atoms with E-state index in [0.29, 0.717) is 21.6 Å². The lowest BCUT2D eigenvalue weighted by atomic mass is 10.3. The number of hydrogen-bond donors (Lipinski definition) is 2. The maximum Gasteiger partial charge on any atom is 0.286 e. The Hall–Kier alpha value is -1.67. The average Bonchev–Trinajstić information content (AvgIpc) is 2.88. The van der Waals surface area contributed by atoms with Gasteiger partial charge in [-0.25, -0.2) is 0 Å². The minimum absolute atomic E-state index is 0.288. The summed E-state index contributed by atoms with van der Waals surface area (Å²) < 4.78 is 5.90. The lowest BCUT2D eigenvalue weighted by molar-refractivity contribution is 0.102. The first-order chi connectivity index (χ1) is 9.63. The van der Waals surface area contributed by atoms with Crippen LogP contribution < -0.4 is 15.4 Å². The van der Waals surface area contributed by atoms with Crippen LogP contribution in [0.2, 0.25) is 0 Å². The van der Waals surface area contributed by atoms with Crippen molar-refractivity contribution >= 4 is 44.0 Å². The molecule has 0 aliphatic rings. The van der Waals surface area contributed by atoms with Gasteiger partial charge in [0.15, 0.2) is 0 Å². The van der Waals surface area contributed by atoms with E-state index in [4.69, 9.17) is 4.74 Å². The van der Waals surface area contributed by atoms with Crippen LogP contribution in [0.4, 0.5) is 10.8 Å². The number of carbonyl (C=O) groups excluding carboxylic acids is 1. The number of methoxy groups -OCH3 is 1. The predicted molar refractivity (Wildman–Crippen MR) is 82.7 cm³/mol. The molecule has 106 valence electrons. The lowest BCUT2D eigenvalue weighted by Crippen LogP contribution is -2.11. The number of nitrogens with zero attached hydrogens (tertiary/aromatic N) is 2. The number of hydrogen-bond acceptors (Lipinski definition) is 6. The van der Waals surface area contributed by atoms with Crippen LogP contribution in [0.5, 0.6) is 5.75 Å². The van der Waals surface area contributed by atoms with Crippen molar-refractivity contribution in [3.63, 3.8) is 0 Å². The molecule has 8 heteroatoms. The van der Waals surface area contributed by atoms with Crippen LogP contribution in [0.3, 0.4) is 0 Å². The molecule has 0 unspecified atom stereocenters. The summed E-state index contributed by atoms with van der Waals surface area (Å²) in [6.07, 6.45) is 0. The van der Waals surface area contributed by atoms with Crippen LogP contribution in [0.1, 0.15) is 16.7 Å². The van der Waals surface area contributed by atoms with Gasteiger partial charge in [-0.05, 0) is 41.1 Å². The van der Waals surface area contributed by atoms with Gasteiger partial charge in [-0.1, -0.05) is 11.3 Å². The van der Waals surface area contributed by atoms with E-state index in [1.807, 2.05) is 6.92 Å². The van der Waals surface area contributed by atoms with Gasteiger partial charge in [0.05, 0.1) is 11.6 Å². The number of carbonyl (C=O) groups is 1. The molecule has 0 fully saturated rings. The van der Waals surface area contributed by atoms with Crippen LogP contribution in [0.15, 0.2) is 22.7 Å². The molecule has 1 aromatic carbocycles. The average molecular weight is 357 g/mol. The first kappa shape index (κ1) is 14.7. The Labute approximate surface area is 128 Å².